The van der Waals surface area contributed by atoms with E-state index in [2.05, 4.69) is 4.74 Å². The molecule has 0 aliphatic carbocycles. The first-order valence-corrected chi connectivity index (χ1v) is 15.2. The zero-order valence-corrected chi connectivity index (χ0v) is 25.5. The minimum absolute atomic E-state index is 0.0917. The number of nitrogens with zero attached hydrogens (tertiary/aromatic N) is 6. The summed E-state index contributed by atoms with van der Waals surface area (Å²) in [7, 11) is -9.43. The molecule has 22 heteroatoms. The van der Waals surface area contributed by atoms with Gasteiger partial charge < -0.3 is 9.47 Å². The Labute approximate surface area is 255 Å². The molecular weight excluding hydrogens is 663 g/mol. The summed E-state index contributed by atoms with van der Waals surface area (Å²) in [5.74, 6) is -1.89. The van der Waals surface area contributed by atoms with Crippen LogP contribution in [0.15, 0.2) is 58.3 Å². The SMILES string of the molecule is CC(=O)OCN(CN(CN(CN(COC(C)=O)S(=O)(=O)c1ccc(Cl)cc1)[N+](=O)[O-])S(=O)(=O)c1ccc(Cl)cc1)[N+](=O)[O-]. The van der Waals surface area contributed by atoms with Crippen LogP contribution in [0, 0.1) is 20.2 Å². The molecule has 0 bridgehead atoms. The minimum atomic E-state index is -4.79. The zero-order chi connectivity index (χ0) is 32.5. The molecular formula is C21H24Cl2N6O12S2. The fourth-order valence-corrected chi connectivity index (χ4v) is 5.91. The number of benzene rings is 2. The summed E-state index contributed by atoms with van der Waals surface area (Å²) in [5.41, 5.74) is 0. The molecule has 0 radical (unpaired) electrons. The largest absolute Gasteiger partial charge is 0.449 e. The molecule has 18 nitrogen and oxygen atoms in total. The predicted molar refractivity (Wildman–Crippen MR) is 146 cm³/mol. The number of hydrogen-bond donors (Lipinski definition) is 0. The van der Waals surface area contributed by atoms with E-state index in [4.69, 9.17) is 27.9 Å². The van der Waals surface area contributed by atoms with Gasteiger partial charge in [-0.1, -0.05) is 33.2 Å². The predicted octanol–water partition coefficient (Wildman–Crippen LogP) is 1.58. The molecule has 0 atom stereocenters. The van der Waals surface area contributed by atoms with Gasteiger partial charge in [0.1, 0.15) is 13.3 Å². The van der Waals surface area contributed by atoms with Gasteiger partial charge in [0.15, 0.2) is 23.5 Å². The number of carbonyl (C=O) groups is 2. The van der Waals surface area contributed by atoms with Crippen LogP contribution in [0.3, 0.4) is 0 Å². The summed E-state index contributed by atoms with van der Waals surface area (Å²) in [6.07, 6.45) is 0. The van der Waals surface area contributed by atoms with Gasteiger partial charge in [-0.25, -0.2) is 37.1 Å². The normalized spacial score (nSPS) is 11.7. The van der Waals surface area contributed by atoms with Crippen molar-refractivity contribution in [3.8, 4) is 0 Å². The molecule has 0 heterocycles. The van der Waals surface area contributed by atoms with E-state index in [0.717, 1.165) is 38.1 Å². The summed E-state index contributed by atoms with van der Waals surface area (Å²) in [6.45, 7) is -3.88. The van der Waals surface area contributed by atoms with E-state index in [1.165, 1.54) is 24.3 Å². The van der Waals surface area contributed by atoms with Gasteiger partial charge in [0.2, 0.25) is 26.8 Å². The van der Waals surface area contributed by atoms with Gasteiger partial charge in [-0.2, -0.15) is 0 Å². The Morgan fingerprint density at radius 1 is 0.674 bits per heavy atom. The molecule has 0 aliphatic heterocycles. The number of hydrazine groups is 2. The van der Waals surface area contributed by atoms with E-state index in [-0.39, 0.29) is 24.4 Å². The molecule has 0 spiro atoms. The molecule has 0 fully saturated rings. The molecule has 0 saturated heterocycles. The van der Waals surface area contributed by atoms with Crippen molar-refractivity contribution in [3.05, 3.63) is 78.8 Å². The monoisotopic (exact) mass is 686 g/mol. The van der Waals surface area contributed by atoms with Crippen molar-refractivity contribution in [1.29, 1.82) is 0 Å². The van der Waals surface area contributed by atoms with E-state index in [9.17, 15) is 46.7 Å². The summed E-state index contributed by atoms with van der Waals surface area (Å²) in [5, 5.41) is 22.0. The first-order chi connectivity index (χ1) is 19.9. The second-order valence-corrected chi connectivity index (χ2v) is 13.0. The van der Waals surface area contributed by atoms with Crippen LogP contribution in [-0.2, 0) is 39.1 Å². The number of halogens is 2. The molecule has 0 amide bonds. The van der Waals surface area contributed by atoms with Crippen molar-refractivity contribution in [2.24, 2.45) is 0 Å². The van der Waals surface area contributed by atoms with Crippen LogP contribution in [0.2, 0.25) is 10.0 Å². The standard InChI is InChI=1S/C21H24Cl2N6O12S2/c1-16(30)40-14-25(29(34)35)13-26(42(36,37)20-7-3-18(22)4-8-20)11-24(28(32)33)12-27(15-41-17(2)31)43(38,39)21-9-5-19(23)6-10-21/h3-10H,11-15H2,1-2H3. The van der Waals surface area contributed by atoms with E-state index >= 15 is 0 Å². The Balaban J connectivity index is 2.56. The third kappa shape index (κ3) is 10.1. The molecule has 0 N–H and O–H groups in total. The fourth-order valence-electron chi connectivity index (χ4n) is 3.06. The Bertz CT molecular complexity index is 1540. The molecule has 0 aliphatic rings. The number of sulfonamides is 2. The van der Waals surface area contributed by atoms with Gasteiger partial charge in [-0.15, -0.1) is 8.61 Å². The second kappa shape index (κ2) is 15.1. The number of ether oxygens (including phenoxy) is 2. The van der Waals surface area contributed by atoms with Crippen LogP contribution in [0.5, 0.6) is 0 Å². The highest BCUT2D eigenvalue weighted by Gasteiger charge is 2.37. The van der Waals surface area contributed by atoms with E-state index in [1.807, 2.05) is 0 Å². The average Bonchev–Trinajstić information content (AvgIpc) is 2.91. The van der Waals surface area contributed by atoms with Crippen LogP contribution in [0.4, 0.5) is 0 Å². The molecule has 236 valence electrons. The maximum Gasteiger partial charge on any atom is 0.304 e. The van der Waals surface area contributed by atoms with Crippen molar-refractivity contribution in [2.75, 3.05) is 33.5 Å². The number of esters is 2. The van der Waals surface area contributed by atoms with Crippen LogP contribution < -0.4 is 0 Å². The Hall–Kier alpha value is -3.82. The molecule has 2 rings (SSSR count). The lowest BCUT2D eigenvalue weighted by Gasteiger charge is -2.29. The lowest BCUT2D eigenvalue weighted by atomic mass is 10.4. The molecule has 0 unspecified atom stereocenters. The average molecular weight is 687 g/mol. The quantitative estimate of drug-likeness (QED) is 0.106. The van der Waals surface area contributed by atoms with E-state index in [0.29, 0.717) is 4.31 Å². The Morgan fingerprint density at radius 3 is 1.42 bits per heavy atom. The Kier molecular flexibility index (Phi) is 12.4. The highest BCUT2D eigenvalue weighted by Crippen LogP contribution is 2.22. The van der Waals surface area contributed by atoms with Crippen molar-refractivity contribution < 1.29 is 46.0 Å². The minimum Gasteiger partial charge on any atom is -0.449 e. The van der Waals surface area contributed by atoms with Gasteiger partial charge >= 0.3 is 11.9 Å². The van der Waals surface area contributed by atoms with Crippen molar-refractivity contribution >= 4 is 55.2 Å². The summed E-state index contributed by atoms with van der Waals surface area (Å²) < 4.78 is 63.6. The van der Waals surface area contributed by atoms with E-state index in [1.54, 1.807) is 0 Å². The van der Waals surface area contributed by atoms with Crippen LogP contribution in [0.1, 0.15) is 13.8 Å². The molecule has 43 heavy (non-hydrogen) atoms. The highest BCUT2D eigenvalue weighted by atomic mass is 35.5. The number of nitro groups is 2. The van der Waals surface area contributed by atoms with Gasteiger partial charge in [0.25, 0.3) is 0 Å². The van der Waals surface area contributed by atoms with Crippen molar-refractivity contribution in [1.82, 2.24) is 18.6 Å². The lowest BCUT2D eigenvalue weighted by Crippen LogP contribution is -2.53. The number of rotatable bonds is 16. The smallest absolute Gasteiger partial charge is 0.304 e. The maximum atomic E-state index is 13.5. The first kappa shape index (κ1) is 35.4. The lowest BCUT2D eigenvalue weighted by molar-refractivity contribution is -0.673. The third-order valence-electron chi connectivity index (χ3n) is 5.16. The summed E-state index contributed by atoms with van der Waals surface area (Å²) in [4.78, 5) is 45.5. The van der Waals surface area contributed by atoms with Gasteiger partial charge in [-0.3, -0.25) is 9.59 Å². The van der Waals surface area contributed by atoms with Crippen LogP contribution in [0.25, 0.3) is 0 Å². The van der Waals surface area contributed by atoms with Crippen molar-refractivity contribution in [2.45, 2.75) is 23.6 Å². The number of hydrogen-bond acceptors (Lipinski definition) is 12. The Morgan fingerprint density at radius 2 is 1.02 bits per heavy atom. The molecule has 2 aromatic carbocycles. The zero-order valence-electron chi connectivity index (χ0n) is 22.3. The molecule has 0 saturated carbocycles. The highest BCUT2D eigenvalue weighted by molar-refractivity contribution is 7.89. The van der Waals surface area contributed by atoms with Gasteiger partial charge in [0, 0.05) is 23.9 Å². The number of carbonyl (C=O) groups excluding carboxylic acids is 2. The second-order valence-electron chi connectivity index (χ2n) is 8.26. The summed E-state index contributed by atoms with van der Waals surface area (Å²) >= 11 is 11.6. The third-order valence-corrected chi connectivity index (χ3v) is 9.21. The van der Waals surface area contributed by atoms with Crippen molar-refractivity contribution in [3.63, 3.8) is 0 Å². The first-order valence-electron chi connectivity index (χ1n) is 11.5. The molecule has 0 aromatic heterocycles. The van der Waals surface area contributed by atoms with Gasteiger partial charge in [-0.05, 0) is 48.5 Å². The summed E-state index contributed by atoms with van der Waals surface area (Å²) in [6, 6.07) is 9.03. The van der Waals surface area contributed by atoms with E-state index < -0.39 is 85.3 Å². The fraction of sp³-hybridized carbons (Fsp3) is 0.333. The van der Waals surface area contributed by atoms with Crippen LogP contribution in [-0.4, -0.2) is 90.9 Å². The molecule has 2 aromatic rings. The maximum absolute atomic E-state index is 13.5. The van der Waals surface area contributed by atoms with Crippen LogP contribution >= 0.6 is 23.2 Å². The topological polar surface area (TPSA) is 220 Å². The van der Waals surface area contributed by atoms with Gasteiger partial charge in [0.05, 0.1) is 9.79 Å².